The van der Waals surface area contributed by atoms with E-state index in [2.05, 4.69) is 15.6 Å². The molecule has 1 heterocycles. The Morgan fingerprint density at radius 3 is 2.45 bits per heavy atom. The van der Waals surface area contributed by atoms with E-state index in [1.54, 1.807) is 50.0 Å². The molecule has 8 heteroatoms. The number of nitrogens with one attached hydrogen (secondary N) is 2. The summed E-state index contributed by atoms with van der Waals surface area (Å²) in [5.74, 6) is -0.763. The number of carbonyl (C=O) groups excluding carboxylic acids is 3. The summed E-state index contributed by atoms with van der Waals surface area (Å²) in [7, 11) is 1.56. The Bertz CT molecular complexity index is 1050. The third-order valence-electron chi connectivity index (χ3n) is 4.61. The first-order chi connectivity index (χ1) is 14.9. The van der Waals surface area contributed by atoms with E-state index >= 15 is 0 Å². The number of aromatic nitrogens is 2. The molecule has 3 rings (SSSR count). The van der Waals surface area contributed by atoms with Crippen LogP contribution in [-0.2, 0) is 16.1 Å². The molecule has 0 aliphatic rings. The van der Waals surface area contributed by atoms with Crippen molar-refractivity contribution in [2.45, 2.75) is 19.9 Å². The number of imidazole rings is 1. The van der Waals surface area contributed by atoms with Gasteiger partial charge in [-0.15, -0.1) is 0 Å². The third kappa shape index (κ3) is 6.53. The normalized spacial score (nSPS) is 10.4. The average Bonchev–Trinajstić information content (AvgIpc) is 3.27. The van der Waals surface area contributed by atoms with Crippen molar-refractivity contribution in [3.05, 3.63) is 78.4 Å². The summed E-state index contributed by atoms with van der Waals surface area (Å²) >= 11 is 0. The predicted molar refractivity (Wildman–Crippen MR) is 119 cm³/mol. The minimum atomic E-state index is -0.312. The first-order valence-corrected chi connectivity index (χ1v) is 9.88. The molecule has 2 N–H and O–H groups in total. The standard InChI is InChI=1S/C23H25N5O3/c1-17-6-8-19(9-7-17)25-22(30)15-27(2)23(31)18-4-3-5-20(14-18)26-21(29)10-12-28-13-11-24-16-28/h3-9,11,13-14,16H,10,12,15H2,1-2H3,(H,25,30)(H,26,29). The van der Waals surface area contributed by atoms with Gasteiger partial charge in [0.1, 0.15) is 0 Å². The summed E-state index contributed by atoms with van der Waals surface area (Å²) in [6.07, 6.45) is 5.38. The highest BCUT2D eigenvalue weighted by Gasteiger charge is 2.16. The van der Waals surface area contributed by atoms with Crippen LogP contribution in [0.3, 0.4) is 0 Å². The van der Waals surface area contributed by atoms with Gasteiger partial charge in [-0.25, -0.2) is 4.98 Å². The van der Waals surface area contributed by atoms with Crippen LogP contribution in [0, 0.1) is 6.92 Å². The summed E-state index contributed by atoms with van der Waals surface area (Å²) in [6.45, 7) is 2.39. The van der Waals surface area contributed by atoms with Gasteiger partial charge in [0.05, 0.1) is 12.9 Å². The second kappa shape index (κ2) is 10.2. The molecule has 0 bridgehead atoms. The fourth-order valence-corrected chi connectivity index (χ4v) is 2.95. The summed E-state index contributed by atoms with van der Waals surface area (Å²) in [5.41, 5.74) is 2.69. The third-order valence-corrected chi connectivity index (χ3v) is 4.61. The van der Waals surface area contributed by atoms with Crippen LogP contribution in [0.15, 0.2) is 67.3 Å². The van der Waals surface area contributed by atoms with Crippen molar-refractivity contribution in [3.63, 3.8) is 0 Å². The van der Waals surface area contributed by atoms with Crippen LogP contribution in [-0.4, -0.2) is 45.8 Å². The van der Waals surface area contributed by atoms with E-state index in [9.17, 15) is 14.4 Å². The number of nitrogens with zero attached hydrogens (tertiary/aromatic N) is 3. The van der Waals surface area contributed by atoms with Crippen LogP contribution in [0.5, 0.6) is 0 Å². The molecule has 0 fully saturated rings. The molecule has 1 aromatic heterocycles. The lowest BCUT2D eigenvalue weighted by Crippen LogP contribution is -2.35. The van der Waals surface area contributed by atoms with Crippen molar-refractivity contribution < 1.29 is 14.4 Å². The maximum Gasteiger partial charge on any atom is 0.254 e. The number of aryl methyl sites for hydroxylation is 2. The molecule has 0 saturated carbocycles. The highest BCUT2D eigenvalue weighted by atomic mass is 16.2. The van der Waals surface area contributed by atoms with E-state index in [0.29, 0.717) is 23.5 Å². The van der Waals surface area contributed by atoms with Gasteiger partial charge in [0.25, 0.3) is 5.91 Å². The van der Waals surface area contributed by atoms with Crippen LogP contribution < -0.4 is 10.6 Å². The molecule has 8 nitrogen and oxygen atoms in total. The first-order valence-electron chi connectivity index (χ1n) is 9.88. The maximum absolute atomic E-state index is 12.7. The molecule has 31 heavy (non-hydrogen) atoms. The van der Waals surface area contributed by atoms with Crippen LogP contribution in [0.2, 0.25) is 0 Å². The fraction of sp³-hybridized carbons (Fsp3) is 0.217. The molecule has 3 amide bonds. The van der Waals surface area contributed by atoms with Crippen molar-refractivity contribution in [2.75, 3.05) is 24.2 Å². The highest BCUT2D eigenvalue weighted by molar-refractivity contribution is 6.00. The molecular weight excluding hydrogens is 394 g/mol. The SMILES string of the molecule is Cc1ccc(NC(=O)CN(C)C(=O)c2cccc(NC(=O)CCn3ccnc3)c2)cc1. The molecular formula is C23H25N5O3. The molecule has 0 atom stereocenters. The van der Waals surface area contributed by atoms with E-state index in [0.717, 1.165) is 5.56 Å². The Morgan fingerprint density at radius 1 is 1.00 bits per heavy atom. The number of hydrogen-bond donors (Lipinski definition) is 2. The van der Waals surface area contributed by atoms with Gasteiger partial charge in [-0.3, -0.25) is 14.4 Å². The number of rotatable bonds is 8. The quantitative estimate of drug-likeness (QED) is 0.587. The second-order valence-electron chi connectivity index (χ2n) is 7.25. The zero-order chi connectivity index (χ0) is 22.2. The number of hydrogen-bond acceptors (Lipinski definition) is 4. The van der Waals surface area contributed by atoms with E-state index in [1.165, 1.54) is 4.90 Å². The zero-order valence-corrected chi connectivity index (χ0v) is 17.5. The van der Waals surface area contributed by atoms with Crippen molar-refractivity contribution in [3.8, 4) is 0 Å². The average molecular weight is 419 g/mol. The van der Waals surface area contributed by atoms with E-state index in [-0.39, 0.29) is 30.7 Å². The predicted octanol–water partition coefficient (Wildman–Crippen LogP) is 2.93. The second-order valence-corrected chi connectivity index (χ2v) is 7.25. The maximum atomic E-state index is 12.7. The summed E-state index contributed by atoms with van der Waals surface area (Å²) in [5, 5.41) is 5.57. The molecule has 0 radical (unpaired) electrons. The van der Waals surface area contributed by atoms with E-state index < -0.39 is 0 Å². The lowest BCUT2D eigenvalue weighted by Gasteiger charge is -2.17. The minimum absolute atomic E-state index is 0.0891. The van der Waals surface area contributed by atoms with E-state index in [4.69, 9.17) is 0 Å². The van der Waals surface area contributed by atoms with Crippen LogP contribution in [0.25, 0.3) is 0 Å². The Morgan fingerprint density at radius 2 is 1.74 bits per heavy atom. The molecule has 160 valence electrons. The first kappa shape index (κ1) is 21.8. The molecule has 0 aliphatic carbocycles. The summed E-state index contributed by atoms with van der Waals surface area (Å²) in [4.78, 5) is 42.4. The van der Waals surface area contributed by atoms with E-state index in [1.807, 2.05) is 35.8 Å². The van der Waals surface area contributed by atoms with Crippen molar-refractivity contribution in [2.24, 2.45) is 0 Å². The van der Waals surface area contributed by atoms with Crippen molar-refractivity contribution in [1.82, 2.24) is 14.5 Å². The number of amides is 3. The van der Waals surface area contributed by atoms with Gasteiger partial charge < -0.3 is 20.1 Å². The van der Waals surface area contributed by atoms with Gasteiger partial charge in [-0.05, 0) is 37.3 Å². The molecule has 3 aromatic rings. The zero-order valence-electron chi connectivity index (χ0n) is 17.5. The van der Waals surface area contributed by atoms with Gasteiger partial charge >= 0.3 is 0 Å². The van der Waals surface area contributed by atoms with Crippen molar-refractivity contribution in [1.29, 1.82) is 0 Å². The summed E-state index contributed by atoms with van der Waals surface area (Å²) < 4.78 is 1.82. The molecule has 0 aliphatic heterocycles. The minimum Gasteiger partial charge on any atom is -0.337 e. The Balaban J connectivity index is 1.53. The lowest BCUT2D eigenvalue weighted by atomic mass is 10.1. The Labute approximate surface area is 180 Å². The number of carbonyl (C=O) groups is 3. The monoisotopic (exact) mass is 419 g/mol. The van der Waals surface area contributed by atoms with Gasteiger partial charge in [0, 0.05) is 49.3 Å². The fourth-order valence-electron chi connectivity index (χ4n) is 2.95. The molecule has 2 aromatic carbocycles. The van der Waals surface area contributed by atoms with Gasteiger partial charge in [-0.2, -0.15) is 0 Å². The van der Waals surface area contributed by atoms with Gasteiger partial charge in [0.15, 0.2) is 0 Å². The Kier molecular flexibility index (Phi) is 7.16. The van der Waals surface area contributed by atoms with Gasteiger partial charge in [-0.1, -0.05) is 23.8 Å². The smallest absolute Gasteiger partial charge is 0.254 e. The summed E-state index contributed by atoms with van der Waals surface area (Å²) in [6, 6.07) is 14.1. The number of likely N-dealkylation sites (N-methyl/N-ethyl adjacent to an activating group) is 1. The van der Waals surface area contributed by atoms with Crippen LogP contribution >= 0.6 is 0 Å². The van der Waals surface area contributed by atoms with Crippen molar-refractivity contribution >= 4 is 29.1 Å². The lowest BCUT2D eigenvalue weighted by molar-refractivity contribution is -0.117. The van der Waals surface area contributed by atoms with Crippen LogP contribution in [0.4, 0.5) is 11.4 Å². The van der Waals surface area contributed by atoms with Gasteiger partial charge in [0.2, 0.25) is 11.8 Å². The largest absolute Gasteiger partial charge is 0.337 e. The molecule has 0 unspecified atom stereocenters. The number of benzene rings is 2. The number of anilines is 2. The Hall–Kier alpha value is -3.94. The van der Waals surface area contributed by atoms with Crippen LogP contribution in [0.1, 0.15) is 22.3 Å². The highest BCUT2D eigenvalue weighted by Crippen LogP contribution is 2.14. The molecule has 0 saturated heterocycles. The topological polar surface area (TPSA) is 96.3 Å². The molecule has 0 spiro atoms.